The molecule has 0 aromatic carbocycles. The van der Waals surface area contributed by atoms with Crippen LogP contribution in [0, 0.1) is 6.92 Å². The number of rotatable bonds is 6. The van der Waals surface area contributed by atoms with E-state index < -0.39 is 0 Å². The van der Waals surface area contributed by atoms with E-state index in [0.717, 1.165) is 13.0 Å². The number of ether oxygens (including phenoxy) is 2. The van der Waals surface area contributed by atoms with Gasteiger partial charge >= 0.3 is 0 Å². The lowest BCUT2D eigenvalue weighted by Crippen LogP contribution is -2.42. The molecule has 0 bridgehead atoms. The maximum Gasteiger partial charge on any atom is 0.109 e. The summed E-state index contributed by atoms with van der Waals surface area (Å²) in [6.45, 7) is 8.71. The first kappa shape index (κ1) is 11.9. The standard InChI is InChI=1S/C9H20NO2/c1-6-7-10(8(2)11-4)9(3)12-5/h8-9H,1,6-7H2,2-5H3. The van der Waals surface area contributed by atoms with Crippen molar-refractivity contribution >= 4 is 0 Å². The molecule has 3 heteroatoms. The second-order valence-electron chi connectivity index (χ2n) is 2.76. The molecular weight excluding hydrogens is 154 g/mol. The molecule has 0 aromatic rings. The molecule has 2 atom stereocenters. The minimum atomic E-state index is 0.0849. The summed E-state index contributed by atoms with van der Waals surface area (Å²) in [6, 6.07) is 0. The smallest absolute Gasteiger partial charge is 0.109 e. The predicted octanol–water partition coefficient (Wildman–Crippen LogP) is 1.50. The second-order valence-corrected chi connectivity index (χ2v) is 2.76. The molecule has 0 heterocycles. The van der Waals surface area contributed by atoms with Gasteiger partial charge in [0.05, 0.1) is 0 Å². The molecule has 3 nitrogen and oxygen atoms in total. The highest BCUT2D eigenvalue weighted by Crippen LogP contribution is 2.07. The minimum absolute atomic E-state index is 0.0849. The van der Waals surface area contributed by atoms with Crippen LogP contribution < -0.4 is 0 Å². The molecule has 0 spiro atoms. The molecule has 0 aliphatic rings. The van der Waals surface area contributed by atoms with E-state index in [2.05, 4.69) is 11.8 Å². The Morgan fingerprint density at radius 1 is 1.17 bits per heavy atom. The molecule has 2 unspecified atom stereocenters. The van der Waals surface area contributed by atoms with Crippen LogP contribution in [0.15, 0.2) is 0 Å². The van der Waals surface area contributed by atoms with Crippen LogP contribution in [0.3, 0.4) is 0 Å². The van der Waals surface area contributed by atoms with Crippen LogP contribution in [0.1, 0.15) is 20.3 Å². The number of hydrogen-bond donors (Lipinski definition) is 0. The number of methoxy groups -OCH3 is 2. The van der Waals surface area contributed by atoms with E-state index in [4.69, 9.17) is 9.47 Å². The van der Waals surface area contributed by atoms with Crippen molar-refractivity contribution < 1.29 is 9.47 Å². The van der Waals surface area contributed by atoms with Crippen molar-refractivity contribution in [1.82, 2.24) is 4.90 Å². The lowest BCUT2D eigenvalue weighted by molar-refractivity contribution is -0.115. The van der Waals surface area contributed by atoms with Gasteiger partial charge in [0.2, 0.25) is 0 Å². The molecule has 0 aromatic heterocycles. The van der Waals surface area contributed by atoms with Gasteiger partial charge < -0.3 is 9.47 Å². The van der Waals surface area contributed by atoms with Crippen LogP contribution >= 0.6 is 0 Å². The third-order valence-corrected chi connectivity index (χ3v) is 2.03. The molecule has 0 fully saturated rings. The third-order valence-electron chi connectivity index (χ3n) is 2.03. The van der Waals surface area contributed by atoms with Crippen molar-refractivity contribution in [1.29, 1.82) is 0 Å². The molecule has 0 aliphatic carbocycles. The third kappa shape index (κ3) is 3.52. The molecule has 12 heavy (non-hydrogen) atoms. The highest BCUT2D eigenvalue weighted by molar-refractivity contribution is 4.61. The maximum atomic E-state index is 5.21. The van der Waals surface area contributed by atoms with Crippen molar-refractivity contribution in [3.05, 3.63) is 6.92 Å². The van der Waals surface area contributed by atoms with Crippen molar-refractivity contribution in [2.45, 2.75) is 32.7 Å². The highest BCUT2D eigenvalue weighted by atomic mass is 16.5. The van der Waals surface area contributed by atoms with Crippen LogP contribution in [-0.4, -0.2) is 38.1 Å². The van der Waals surface area contributed by atoms with E-state index in [0.29, 0.717) is 0 Å². The zero-order valence-electron chi connectivity index (χ0n) is 8.54. The zero-order valence-corrected chi connectivity index (χ0v) is 8.54. The summed E-state index contributed by atoms with van der Waals surface area (Å²) in [7, 11) is 3.40. The van der Waals surface area contributed by atoms with Gasteiger partial charge in [-0.2, -0.15) is 0 Å². The quantitative estimate of drug-likeness (QED) is 0.570. The van der Waals surface area contributed by atoms with Gasteiger partial charge in [-0.25, -0.2) is 0 Å². The van der Waals surface area contributed by atoms with E-state index in [1.807, 2.05) is 13.8 Å². The largest absolute Gasteiger partial charge is 0.367 e. The Hall–Kier alpha value is -0.120. The fourth-order valence-corrected chi connectivity index (χ4v) is 1.11. The Balaban J connectivity index is 4.01. The molecule has 0 aliphatic heterocycles. The molecule has 0 N–H and O–H groups in total. The zero-order chi connectivity index (χ0) is 9.56. The molecular formula is C9H20NO2. The average Bonchev–Trinajstić information content (AvgIpc) is 2.11. The fraction of sp³-hybridized carbons (Fsp3) is 0.889. The van der Waals surface area contributed by atoms with Crippen molar-refractivity contribution in [3.8, 4) is 0 Å². The van der Waals surface area contributed by atoms with E-state index in [1.54, 1.807) is 14.2 Å². The SMILES string of the molecule is [CH2]CCN(C(C)OC)C(C)OC. The van der Waals surface area contributed by atoms with Crippen LogP contribution in [0.2, 0.25) is 0 Å². The lowest BCUT2D eigenvalue weighted by Gasteiger charge is -2.32. The molecule has 0 saturated heterocycles. The number of nitrogens with zero attached hydrogens (tertiary/aromatic N) is 1. The first-order chi connectivity index (χ1) is 5.67. The van der Waals surface area contributed by atoms with Gasteiger partial charge in [0.25, 0.3) is 0 Å². The van der Waals surface area contributed by atoms with Crippen LogP contribution in [-0.2, 0) is 9.47 Å². The summed E-state index contributed by atoms with van der Waals surface area (Å²) in [5.41, 5.74) is 0. The topological polar surface area (TPSA) is 21.7 Å². The summed E-state index contributed by atoms with van der Waals surface area (Å²) in [6.07, 6.45) is 1.03. The fourth-order valence-electron chi connectivity index (χ4n) is 1.11. The van der Waals surface area contributed by atoms with Crippen molar-refractivity contribution in [2.75, 3.05) is 20.8 Å². The molecule has 0 saturated carbocycles. The molecule has 0 amide bonds. The molecule has 1 radical (unpaired) electrons. The van der Waals surface area contributed by atoms with Crippen LogP contribution in [0.5, 0.6) is 0 Å². The highest BCUT2D eigenvalue weighted by Gasteiger charge is 2.17. The summed E-state index contributed by atoms with van der Waals surface area (Å²) < 4.78 is 10.4. The lowest BCUT2D eigenvalue weighted by atomic mass is 10.3. The van der Waals surface area contributed by atoms with E-state index in [-0.39, 0.29) is 12.5 Å². The van der Waals surface area contributed by atoms with Gasteiger partial charge in [-0.1, -0.05) is 6.92 Å². The Morgan fingerprint density at radius 3 is 1.83 bits per heavy atom. The average molecular weight is 174 g/mol. The Labute approximate surface area is 75.6 Å². The second kappa shape index (κ2) is 6.40. The summed E-state index contributed by atoms with van der Waals surface area (Å²) in [5, 5.41) is 0. The summed E-state index contributed by atoms with van der Waals surface area (Å²) in [4.78, 5) is 2.12. The van der Waals surface area contributed by atoms with Crippen molar-refractivity contribution in [2.24, 2.45) is 0 Å². The van der Waals surface area contributed by atoms with Gasteiger partial charge in [0.15, 0.2) is 0 Å². The molecule has 0 rings (SSSR count). The van der Waals surface area contributed by atoms with Gasteiger partial charge in [-0.3, -0.25) is 4.90 Å². The predicted molar refractivity (Wildman–Crippen MR) is 49.6 cm³/mol. The van der Waals surface area contributed by atoms with E-state index in [1.165, 1.54) is 0 Å². The number of hydrogen-bond acceptors (Lipinski definition) is 3. The van der Waals surface area contributed by atoms with Gasteiger partial charge in [0, 0.05) is 20.8 Å². The summed E-state index contributed by atoms with van der Waals surface area (Å²) in [5.74, 6) is 0. The Morgan fingerprint density at radius 2 is 1.58 bits per heavy atom. The maximum absolute atomic E-state index is 5.21. The first-order valence-corrected chi connectivity index (χ1v) is 4.28. The van der Waals surface area contributed by atoms with Crippen molar-refractivity contribution in [3.63, 3.8) is 0 Å². The minimum Gasteiger partial charge on any atom is -0.367 e. The van der Waals surface area contributed by atoms with Crippen LogP contribution in [0.4, 0.5) is 0 Å². The van der Waals surface area contributed by atoms with Gasteiger partial charge in [0.1, 0.15) is 12.5 Å². The monoisotopic (exact) mass is 174 g/mol. The molecule has 73 valence electrons. The van der Waals surface area contributed by atoms with Crippen LogP contribution in [0.25, 0.3) is 0 Å². The van der Waals surface area contributed by atoms with Gasteiger partial charge in [-0.15, -0.1) is 0 Å². The Kier molecular flexibility index (Phi) is 6.34. The van der Waals surface area contributed by atoms with Gasteiger partial charge in [-0.05, 0) is 20.3 Å². The van der Waals surface area contributed by atoms with E-state index in [9.17, 15) is 0 Å². The normalized spacial score (nSPS) is 16.5. The van der Waals surface area contributed by atoms with E-state index >= 15 is 0 Å². The Bertz CT molecular complexity index is 98.7. The first-order valence-electron chi connectivity index (χ1n) is 4.28. The summed E-state index contributed by atoms with van der Waals surface area (Å²) >= 11 is 0.